The Hall–Kier alpha value is -1.88. The van der Waals surface area contributed by atoms with Gasteiger partial charge in [0.1, 0.15) is 5.75 Å². The Morgan fingerprint density at radius 2 is 2.05 bits per heavy atom. The number of carboxylic acids is 1. The van der Waals surface area contributed by atoms with Crippen molar-refractivity contribution in [3.05, 3.63) is 29.8 Å². The number of Topliss-reactive ketones (excluding diaryl/α,β-unsaturated/α-hetero) is 1. The first-order chi connectivity index (χ1) is 8.89. The van der Waals surface area contributed by atoms with Gasteiger partial charge in [-0.15, -0.1) is 0 Å². The van der Waals surface area contributed by atoms with Crippen LogP contribution in [0.1, 0.15) is 30.6 Å². The maximum atomic E-state index is 11.3. The molecule has 1 aromatic carbocycles. The van der Waals surface area contributed by atoms with Crippen molar-refractivity contribution in [3.63, 3.8) is 0 Å². The predicted octanol–water partition coefficient (Wildman–Crippen LogP) is 2.15. The van der Waals surface area contributed by atoms with E-state index < -0.39 is 11.6 Å². The lowest BCUT2D eigenvalue weighted by atomic mass is 10.0. The molecule has 5 nitrogen and oxygen atoms in total. The second-order valence-electron chi connectivity index (χ2n) is 4.46. The molecule has 5 heteroatoms. The fourth-order valence-corrected chi connectivity index (χ4v) is 1.54. The zero-order chi connectivity index (χ0) is 14.5. The normalized spacial score (nSPS) is 13.6. The highest BCUT2D eigenvalue weighted by Crippen LogP contribution is 2.23. The molecule has 1 aromatic rings. The van der Waals surface area contributed by atoms with E-state index >= 15 is 0 Å². The quantitative estimate of drug-likeness (QED) is 0.765. The van der Waals surface area contributed by atoms with E-state index in [1.165, 1.54) is 27.0 Å². The maximum Gasteiger partial charge on any atom is 0.347 e. The van der Waals surface area contributed by atoms with E-state index in [9.17, 15) is 14.7 Å². The van der Waals surface area contributed by atoms with Crippen LogP contribution in [-0.2, 0) is 9.53 Å². The summed E-state index contributed by atoms with van der Waals surface area (Å²) in [6.45, 7) is 3.20. The molecule has 0 aliphatic carbocycles. The van der Waals surface area contributed by atoms with Crippen LogP contribution in [0, 0.1) is 0 Å². The van der Waals surface area contributed by atoms with Crippen LogP contribution in [0.25, 0.3) is 0 Å². The van der Waals surface area contributed by atoms with E-state index in [1.54, 1.807) is 18.2 Å². The molecule has 104 valence electrons. The Balaban J connectivity index is 2.93. The van der Waals surface area contributed by atoms with Crippen molar-refractivity contribution in [1.29, 1.82) is 0 Å². The Morgan fingerprint density at radius 1 is 1.37 bits per heavy atom. The zero-order valence-corrected chi connectivity index (χ0v) is 11.3. The van der Waals surface area contributed by atoms with Crippen molar-refractivity contribution < 1.29 is 24.2 Å². The first kappa shape index (κ1) is 15.2. The third-order valence-corrected chi connectivity index (χ3v) is 2.82. The predicted molar refractivity (Wildman–Crippen MR) is 69.6 cm³/mol. The summed E-state index contributed by atoms with van der Waals surface area (Å²) in [5.74, 6) is -0.814. The number of carbonyl (C=O) groups is 2. The molecule has 0 fully saturated rings. The first-order valence-corrected chi connectivity index (χ1v) is 5.91. The molecule has 0 bridgehead atoms. The van der Waals surface area contributed by atoms with Gasteiger partial charge in [-0.2, -0.15) is 0 Å². The average Bonchev–Trinajstić information content (AvgIpc) is 2.36. The van der Waals surface area contributed by atoms with Crippen LogP contribution in [0.2, 0.25) is 0 Å². The van der Waals surface area contributed by atoms with E-state index in [0.717, 1.165) is 0 Å². The van der Waals surface area contributed by atoms with Crippen LogP contribution >= 0.6 is 0 Å². The molecule has 0 saturated carbocycles. The van der Waals surface area contributed by atoms with Gasteiger partial charge in [0, 0.05) is 19.1 Å². The zero-order valence-electron chi connectivity index (χ0n) is 11.3. The summed E-state index contributed by atoms with van der Waals surface area (Å²) in [4.78, 5) is 22.6. The van der Waals surface area contributed by atoms with Crippen molar-refractivity contribution in [1.82, 2.24) is 0 Å². The average molecular weight is 266 g/mol. The minimum absolute atomic E-state index is 0.0978. The van der Waals surface area contributed by atoms with Gasteiger partial charge < -0.3 is 14.6 Å². The monoisotopic (exact) mass is 266 g/mol. The van der Waals surface area contributed by atoms with Crippen LogP contribution in [0.4, 0.5) is 0 Å². The summed E-state index contributed by atoms with van der Waals surface area (Å²) in [6, 6.07) is 6.48. The summed E-state index contributed by atoms with van der Waals surface area (Å²) in [5.41, 5.74) is -0.900. The largest absolute Gasteiger partial charge is 0.478 e. The smallest absolute Gasteiger partial charge is 0.347 e. The van der Waals surface area contributed by atoms with E-state index in [-0.39, 0.29) is 18.8 Å². The number of hydrogen-bond donors (Lipinski definition) is 1. The van der Waals surface area contributed by atoms with Crippen molar-refractivity contribution >= 4 is 11.8 Å². The molecule has 0 aliphatic heterocycles. The molecule has 0 saturated heterocycles. The second kappa shape index (κ2) is 6.33. The standard InChI is InChI=1S/C14H18O5/c1-10(15)11-5-4-6-12(9-11)19-14(2,13(16)17)7-8-18-3/h4-6,9H,7-8H2,1-3H3,(H,16,17). The Bertz CT molecular complexity index is 469. The van der Waals surface area contributed by atoms with Crippen LogP contribution < -0.4 is 4.74 Å². The number of ketones is 1. The van der Waals surface area contributed by atoms with Gasteiger partial charge in [0.15, 0.2) is 5.78 Å². The van der Waals surface area contributed by atoms with Crippen molar-refractivity contribution in [3.8, 4) is 5.75 Å². The summed E-state index contributed by atoms with van der Waals surface area (Å²) >= 11 is 0. The molecule has 1 atom stereocenters. The van der Waals surface area contributed by atoms with Crippen molar-refractivity contribution in [2.75, 3.05) is 13.7 Å². The minimum atomic E-state index is -1.38. The fourth-order valence-electron chi connectivity index (χ4n) is 1.54. The third-order valence-electron chi connectivity index (χ3n) is 2.82. The van der Waals surface area contributed by atoms with Crippen LogP contribution in [0.3, 0.4) is 0 Å². The molecule has 0 aliphatic rings. The first-order valence-electron chi connectivity index (χ1n) is 5.91. The molecule has 0 spiro atoms. The number of carboxylic acid groups (broad SMARTS) is 1. The van der Waals surface area contributed by atoms with Gasteiger partial charge in [-0.3, -0.25) is 4.79 Å². The molecule has 1 rings (SSSR count). The van der Waals surface area contributed by atoms with E-state index in [2.05, 4.69) is 0 Å². The maximum absolute atomic E-state index is 11.3. The Labute approximate surface area is 112 Å². The molecule has 0 amide bonds. The van der Waals surface area contributed by atoms with Crippen molar-refractivity contribution in [2.45, 2.75) is 25.9 Å². The van der Waals surface area contributed by atoms with E-state index in [0.29, 0.717) is 11.3 Å². The number of ether oxygens (including phenoxy) is 2. The molecular formula is C14H18O5. The molecule has 19 heavy (non-hydrogen) atoms. The second-order valence-corrected chi connectivity index (χ2v) is 4.46. The minimum Gasteiger partial charge on any atom is -0.478 e. The number of rotatable bonds is 7. The summed E-state index contributed by atoms with van der Waals surface area (Å²) in [7, 11) is 1.50. The number of carbonyl (C=O) groups excluding carboxylic acids is 1. The number of hydrogen-bond acceptors (Lipinski definition) is 4. The lowest BCUT2D eigenvalue weighted by Crippen LogP contribution is -2.42. The number of methoxy groups -OCH3 is 1. The summed E-state index contributed by atoms with van der Waals surface area (Å²) < 4.78 is 10.4. The third kappa shape index (κ3) is 4.06. The molecule has 1 unspecified atom stereocenters. The van der Waals surface area contributed by atoms with Crippen LogP contribution in [0.5, 0.6) is 5.75 Å². The molecule has 0 radical (unpaired) electrons. The summed E-state index contributed by atoms with van der Waals surface area (Å²) in [6.07, 6.45) is 0.211. The lowest BCUT2D eigenvalue weighted by molar-refractivity contribution is -0.155. The Kier molecular flexibility index (Phi) is 5.06. The van der Waals surface area contributed by atoms with Gasteiger partial charge in [0.2, 0.25) is 5.60 Å². The van der Waals surface area contributed by atoms with E-state index in [4.69, 9.17) is 9.47 Å². The molecular weight excluding hydrogens is 248 g/mol. The molecule has 0 aromatic heterocycles. The fraction of sp³-hybridized carbons (Fsp3) is 0.429. The van der Waals surface area contributed by atoms with Gasteiger partial charge >= 0.3 is 5.97 Å². The van der Waals surface area contributed by atoms with Crippen LogP contribution in [-0.4, -0.2) is 36.2 Å². The van der Waals surface area contributed by atoms with Crippen molar-refractivity contribution in [2.24, 2.45) is 0 Å². The van der Waals surface area contributed by atoms with Gasteiger partial charge in [-0.25, -0.2) is 4.79 Å². The van der Waals surface area contributed by atoms with Gasteiger partial charge in [-0.05, 0) is 26.0 Å². The highest BCUT2D eigenvalue weighted by Gasteiger charge is 2.35. The van der Waals surface area contributed by atoms with Gasteiger partial charge in [0.05, 0.1) is 6.61 Å². The number of benzene rings is 1. The Morgan fingerprint density at radius 3 is 2.58 bits per heavy atom. The SMILES string of the molecule is COCCC(C)(Oc1cccc(C(C)=O)c1)C(=O)O. The topological polar surface area (TPSA) is 72.8 Å². The lowest BCUT2D eigenvalue weighted by Gasteiger charge is -2.26. The van der Waals surface area contributed by atoms with Gasteiger partial charge in [-0.1, -0.05) is 12.1 Å². The number of aliphatic carboxylic acids is 1. The van der Waals surface area contributed by atoms with E-state index in [1.807, 2.05) is 0 Å². The highest BCUT2D eigenvalue weighted by atomic mass is 16.5. The summed E-state index contributed by atoms with van der Waals surface area (Å²) in [5, 5.41) is 9.25. The highest BCUT2D eigenvalue weighted by molar-refractivity contribution is 5.94. The van der Waals surface area contributed by atoms with Crippen LogP contribution in [0.15, 0.2) is 24.3 Å². The van der Waals surface area contributed by atoms with Gasteiger partial charge in [0.25, 0.3) is 0 Å². The molecule has 0 heterocycles. The molecule has 1 N–H and O–H groups in total.